The zero-order valence-corrected chi connectivity index (χ0v) is 38.0. The third kappa shape index (κ3) is 5.18. The maximum Gasteiger partial charge on any atom is 0.252 e. The molecule has 0 aliphatic carbocycles. The Morgan fingerprint density at radius 2 is 0.778 bits per heavy atom. The fourth-order valence-electron chi connectivity index (χ4n) is 11.2. The van der Waals surface area contributed by atoms with Gasteiger partial charge in [0.05, 0.1) is 22.7 Å². The number of hydrogen-bond donors (Lipinski definition) is 0. The first-order valence-electron chi connectivity index (χ1n) is 22.2. The second kappa shape index (κ2) is 13.1. The number of anilines is 6. The first-order chi connectivity index (χ1) is 30.6. The van der Waals surface area contributed by atoms with Gasteiger partial charge in [0, 0.05) is 62.5 Å². The molecule has 0 saturated carbocycles. The molecule has 0 atom stereocenters. The molecule has 63 heavy (non-hydrogen) atoms. The average Bonchev–Trinajstić information content (AvgIpc) is 3.86. The van der Waals surface area contributed by atoms with Gasteiger partial charge in [-0.15, -0.1) is 22.7 Å². The molecular weight excluding hydrogens is 800 g/mol. The largest absolute Gasteiger partial charge is 0.310 e. The van der Waals surface area contributed by atoms with Gasteiger partial charge in [-0.3, -0.25) is 0 Å². The van der Waals surface area contributed by atoms with Crippen molar-refractivity contribution in [1.29, 1.82) is 0 Å². The molecule has 4 heterocycles. The molecule has 11 aromatic rings. The lowest BCUT2D eigenvalue weighted by atomic mass is 9.33. The summed E-state index contributed by atoms with van der Waals surface area (Å²) in [4.78, 5) is 5.43. The predicted octanol–water partition coefficient (Wildman–Crippen LogP) is 15.4. The number of nitrogens with zero attached hydrogens (tertiary/aromatic N) is 2. The van der Waals surface area contributed by atoms with E-state index in [0.717, 1.165) is 0 Å². The maximum absolute atomic E-state index is 2.71. The Bertz CT molecular complexity index is 3510. The Morgan fingerprint density at radius 3 is 1.22 bits per heavy atom. The van der Waals surface area contributed by atoms with Gasteiger partial charge in [-0.05, 0) is 85.5 Å². The van der Waals surface area contributed by atoms with Crippen LogP contribution >= 0.6 is 22.7 Å². The smallest absolute Gasteiger partial charge is 0.252 e. The van der Waals surface area contributed by atoms with Crippen LogP contribution in [-0.4, -0.2) is 6.71 Å². The van der Waals surface area contributed by atoms with Crippen molar-refractivity contribution in [3.8, 4) is 0 Å². The van der Waals surface area contributed by atoms with Crippen molar-refractivity contribution in [2.75, 3.05) is 9.80 Å². The fourth-order valence-corrected chi connectivity index (χ4v) is 13.4. The van der Waals surface area contributed by atoms with Gasteiger partial charge in [0.1, 0.15) is 0 Å². The van der Waals surface area contributed by atoms with Crippen molar-refractivity contribution in [2.24, 2.45) is 0 Å². The summed E-state index contributed by atoms with van der Waals surface area (Å²) in [5, 5.41) is 10.4. The highest BCUT2D eigenvalue weighted by atomic mass is 32.1. The highest BCUT2D eigenvalue weighted by molar-refractivity contribution is 7.26. The van der Waals surface area contributed by atoms with Crippen LogP contribution in [0.1, 0.15) is 52.7 Å². The van der Waals surface area contributed by atoms with Crippen molar-refractivity contribution in [1.82, 2.24) is 0 Å². The lowest BCUT2D eigenvalue weighted by molar-refractivity contribution is 0.591. The Balaban J connectivity index is 1.26. The molecule has 2 aromatic heterocycles. The third-order valence-electron chi connectivity index (χ3n) is 13.9. The van der Waals surface area contributed by atoms with E-state index in [0.29, 0.717) is 0 Å². The number of thiophene rings is 2. The minimum Gasteiger partial charge on any atom is -0.310 e. The summed E-state index contributed by atoms with van der Waals surface area (Å²) >= 11 is 3.82. The minimum absolute atomic E-state index is 0.0130. The van der Waals surface area contributed by atoms with Gasteiger partial charge in [0.2, 0.25) is 0 Å². The molecule has 0 saturated heterocycles. The van der Waals surface area contributed by atoms with Crippen LogP contribution in [-0.2, 0) is 10.8 Å². The van der Waals surface area contributed by atoms with Gasteiger partial charge < -0.3 is 9.80 Å². The molecule has 0 amide bonds. The third-order valence-corrected chi connectivity index (χ3v) is 16.1. The second-order valence-corrected chi connectivity index (χ2v) is 21.8. The Hall–Kier alpha value is -6.40. The molecule has 0 radical (unpaired) electrons. The molecule has 0 fully saturated rings. The zero-order valence-electron chi connectivity index (χ0n) is 36.4. The van der Waals surface area contributed by atoms with E-state index in [1.807, 2.05) is 22.7 Å². The molecule has 302 valence electrons. The van der Waals surface area contributed by atoms with E-state index in [1.54, 1.807) is 0 Å². The summed E-state index contributed by atoms with van der Waals surface area (Å²) in [7, 11) is 0. The van der Waals surface area contributed by atoms with Crippen LogP contribution in [0.4, 0.5) is 34.1 Å². The van der Waals surface area contributed by atoms with Crippen molar-refractivity contribution >= 4 is 142 Å². The molecule has 0 bridgehead atoms. The molecular formula is C58H45BN2S2. The van der Waals surface area contributed by atoms with E-state index in [9.17, 15) is 0 Å². The maximum atomic E-state index is 2.71. The number of hydrogen-bond acceptors (Lipinski definition) is 4. The average molecular weight is 845 g/mol. The van der Waals surface area contributed by atoms with Gasteiger partial charge in [-0.1, -0.05) is 169 Å². The van der Waals surface area contributed by atoms with E-state index >= 15 is 0 Å². The second-order valence-electron chi connectivity index (χ2n) is 19.6. The van der Waals surface area contributed by atoms with Crippen LogP contribution in [0.3, 0.4) is 0 Å². The number of benzene rings is 9. The normalized spacial score (nSPS) is 13.8. The van der Waals surface area contributed by atoms with Gasteiger partial charge in [-0.2, -0.15) is 0 Å². The van der Waals surface area contributed by atoms with E-state index in [1.165, 1.54) is 124 Å². The molecule has 5 heteroatoms. The van der Waals surface area contributed by atoms with Crippen LogP contribution in [0.2, 0.25) is 0 Å². The van der Waals surface area contributed by atoms with Crippen LogP contribution in [0.5, 0.6) is 0 Å². The van der Waals surface area contributed by atoms with Crippen molar-refractivity contribution in [3.05, 3.63) is 175 Å². The van der Waals surface area contributed by atoms with E-state index in [2.05, 4.69) is 215 Å². The lowest BCUT2D eigenvalue weighted by Gasteiger charge is -2.46. The van der Waals surface area contributed by atoms with Gasteiger partial charge in [0.15, 0.2) is 0 Å². The summed E-state index contributed by atoms with van der Waals surface area (Å²) < 4.78 is 5.28. The molecule has 0 N–H and O–H groups in total. The SMILES string of the molecule is CC(C)(C)c1ccc2ccccc2c1N1c2cccc3c2B(c2ccc4sc5ccccc5c4c21)c1ccc2sc4ccccc4c2c1N3c1c(C(C)(C)C)ccc2ccccc12. The van der Waals surface area contributed by atoms with Crippen LogP contribution in [0.25, 0.3) is 61.9 Å². The van der Waals surface area contributed by atoms with E-state index in [4.69, 9.17) is 0 Å². The summed E-state index contributed by atoms with van der Waals surface area (Å²) in [6.45, 7) is 14.2. The standard InChI is InChI=1S/C58H45BN2S2/c1-57(2,3)40-28-26-34-16-7-9-18-36(34)53(40)60-44-22-15-23-45-52(44)59(42-30-32-48-50(55(42)60)38-20-11-13-24-46(38)62-48)43-31-33-49-51(39-21-12-14-25-47(39)63-49)56(43)61(45)54-37-19-10-8-17-35(37)27-29-41(54)58(4,5)6/h7-33H,1-6H3. The predicted molar refractivity (Wildman–Crippen MR) is 279 cm³/mol. The zero-order chi connectivity index (χ0) is 42.5. The van der Waals surface area contributed by atoms with Gasteiger partial charge in [0.25, 0.3) is 6.71 Å². The van der Waals surface area contributed by atoms with E-state index in [-0.39, 0.29) is 17.5 Å². The molecule has 0 unspecified atom stereocenters. The molecule has 9 aromatic carbocycles. The molecule has 2 aliphatic heterocycles. The first kappa shape index (κ1) is 37.2. The summed E-state index contributed by atoms with van der Waals surface area (Å²) in [6, 6.07) is 62.6. The Labute approximate surface area is 376 Å². The molecule has 2 nitrogen and oxygen atoms in total. The van der Waals surface area contributed by atoms with Crippen LogP contribution in [0, 0.1) is 0 Å². The highest BCUT2D eigenvalue weighted by Crippen LogP contribution is 2.55. The first-order valence-corrected chi connectivity index (χ1v) is 23.9. The summed E-state index contributed by atoms with van der Waals surface area (Å²) in [6.07, 6.45) is 0. The summed E-state index contributed by atoms with van der Waals surface area (Å²) in [5.74, 6) is 0. The van der Waals surface area contributed by atoms with Crippen molar-refractivity contribution in [2.45, 2.75) is 52.4 Å². The molecule has 0 spiro atoms. The summed E-state index contributed by atoms with van der Waals surface area (Å²) in [5.41, 5.74) is 14.1. The lowest BCUT2D eigenvalue weighted by Crippen LogP contribution is -2.61. The molecule has 13 rings (SSSR count). The van der Waals surface area contributed by atoms with Gasteiger partial charge >= 0.3 is 0 Å². The van der Waals surface area contributed by atoms with Crippen LogP contribution in [0.15, 0.2) is 164 Å². The number of rotatable bonds is 2. The fraction of sp³-hybridized carbons (Fsp3) is 0.138. The van der Waals surface area contributed by atoms with Crippen LogP contribution < -0.4 is 26.2 Å². The van der Waals surface area contributed by atoms with Crippen molar-refractivity contribution in [3.63, 3.8) is 0 Å². The van der Waals surface area contributed by atoms with Crippen molar-refractivity contribution < 1.29 is 0 Å². The topological polar surface area (TPSA) is 6.48 Å². The van der Waals surface area contributed by atoms with Gasteiger partial charge in [-0.25, -0.2) is 0 Å². The number of fused-ring (bicyclic) bond motifs is 14. The molecule has 2 aliphatic rings. The minimum atomic E-state index is -0.134. The monoisotopic (exact) mass is 844 g/mol. The van der Waals surface area contributed by atoms with E-state index < -0.39 is 0 Å². The quantitative estimate of drug-likeness (QED) is 0.160. The highest BCUT2D eigenvalue weighted by Gasteiger charge is 2.46. The Kier molecular flexibility index (Phi) is 7.72. The Morgan fingerprint density at radius 1 is 0.365 bits per heavy atom.